The van der Waals surface area contributed by atoms with Crippen molar-refractivity contribution in [3.8, 4) is 5.75 Å². The van der Waals surface area contributed by atoms with Crippen molar-refractivity contribution in [2.75, 3.05) is 7.11 Å². The number of nitrogens with two attached hydrogens (primary N) is 1. The molecule has 0 saturated carbocycles. The number of thiocarbonyl (C=S) groups is 1. The Kier molecular flexibility index (Phi) is 3.05. The summed E-state index contributed by atoms with van der Waals surface area (Å²) in [5.74, 6) is 0.692. The first-order chi connectivity index (χ1) is 5.66. The average molecular weight is 246 g/mol. The predicted molar refractivity (Wildman–Crippen MR) is 56.6 cm³/mol. The predicted octanol–water partition coefficient (Wildman–Crippen LogP) is 2.09. The maximum Gasteiger partial charge on any atom is 0.130 e. The molecule has 2 nitrogen and oxygen atoms in total. The highest BCUT2D eigenvalue weighted by molar-refractivity contribution is 9.10. The van der Waals surface area contributed by atoms with Crippen LogP contribution in [-0.4, -0.2) is 12.1 Å². The maximum absolute atomic E-state index is 5.51. The molecule has 0 aromatic heterocycles. The Bertz CT molecular complexity index is 314. The lowest BCUT2D eigenvalue weighted by Gasteiger charge is -2.07. The fourth-order valence-electron chi connectivity index (χ4n) is 0.914. The minimum atomic E-state index is 0.333. The van der Waals surface area contributed by atoms with Gasteiger partial charge in [-0.2, -0.15) is 0 Å². The molecule has 1 rings (SSSR count). The molecule has 0 saturated heterocycles. The molecule has 1 aromatic carbocycles. The van der Waals surface area contributed by atoms with Crippen LogP contribution < -0.4 is 10.5 Å². The first-order valence-electron chi connectivity index (χ1n) is 3.29. The van der Waals surface area contributed by atoms with Crippen LogP contribution in [0.25, 0.3) is 0 Å². The fraction of sp³-hybridized carbons (Fsp3) is 0.125. The Morgan fingerprint density at radius 3 is 2.67 bits per heavy atom. The molecule has 0 aliphatic carbocycles. The Hall–Kier alpha value is -0.610. The van der Waals surface area contributed by atoms with Crippen LogP contribution in [0.4, 0.5) is 0 Å². The Labute approximate surface area is 84.8 Å². The van der Waals surface area contributed by atoms with Crippen LogP contribution in [0.3, 0.4) is 0 Å². The normalized spacial score (nSPS) is 9.50. The van der Waals surface area contributed by atoms with E-state index in [0.717, 1.165) is 10.0 Å². The molecule has 4 heteroatoms. The molecule has 0 heterocycles. The van der Waals surface area contributed by atoms with E-state index in [1.54, 1.807) is 7.11 Å². The van der Waals surface area contributed by atoms with E-state index in [9.17, 15) is 0 Å². The number of rotatable bonds is 2. The largest absolute Gasteiger partial charge is 0.496 e. The second-order valence-corrected chi connectivity index (χ2v) is 3.48. The summed E-state index contributed by atoms with van der Waals surface area (Å²) >= 11 is 8.21. The highest BCUT2D eigenvalue weighted by Crippen LogP contribution is 2.25. The van der Waals surface area contributed by atoms with Crippen LogP contribution >= 0.6 is 28.1 Å². The number of halogens is 1. The first-order valence-corrected chi connectivity index (χ1v) is 4.49. The van der Waals surface area contributed by atoms with Crippen LogP contribution in [0.1, 0.15) is 5.56 Å². The van der Waals surface area contributed by atoms with Gasteiger partial charge in [-0.15, -0.1) is 0 Å². The zero-order valence-corrected chi connectivity index (χ0v) is 8.91. The molecule has 0 fully saturated rings. The van der Waals surface area contributed by atoms with E-state index in [-0.39, 0.29) is 0 Å². The average Bonchev–Trinajstić information content (AvgIpc) is 2.03. The first kappa shape index (κ1) is 9.48. The molecule has 0 aliphatic rings. The summed E-state index contributed by atoms with van der Waals surface area (Å²) in [6, 6.07) is 5.56. The summed E-state index contributed by atoms with van der Waals surface area (Å²) in [7, 11) is 1.59. The van der Waals surface area contributed by atoms with Crippen molar-refractivity contribution in [1.29, 1.82) is 0 Å². The van der Waals surface area contributed by atoms with Gasteiger partial charge in [-0.25, -0.2) is 0 Å². The maximum atomic E-state index is 5.51. The Morgan fingerprint density at radius 1 is 1.58 bits per heavy atom. The van der Waals surface area contributed by atoms with Crippen molar-refractivity contribution in [1.82, 2.24) is 0 Å². The van der Waals surface area contributed by atoms with Crippen molar-refractivity contribution in [3.63, 3.8) is 0 Å². The third-order valence-electron chi connectivity index (χ3n) is 1.44. The molecule has 0 spiro atoms. The van der Waals surface area contributed by atoms with Gasteiger partial charge in [-0.3, -0.25) is 0 Å². The molecule has 64 valence electrons. The lowest BCUT2D eigenvalue weighted by atomic mass is 10.2. The van der Waals surface area contributed by atoms with Crippen LogP contribution in [0.15, 0.2) is 22.7 Å². The molecule has 12 heavy (non-hydrogen) atoms. The third-order valence-corrected chi connectivity index (χ3v) is 2.31. The van der Waals surface area contributed by atoms with E-state index in [4.69, 9.17) is 22.7 Å². The van der Waals surface area contributed by atoms with Crippen molar-refractivity contribution < 1.29 is 4.74 Å². The van der Waals surface area contributed by atoms with E-state index in [1.807, 2.05) is 18.2 Å². The van der Waals surface area contributed by atoms with Gasteiger partial charge in [0.25, 0.3) is 0 Å². The monoisotopic (exact) mass is 245 g/mol. The topological polar surface area (TPSA) is 35.2 Å². The Balaban J connectivity index is 3.29. The van der Waals surface area contributed by atoms with Crippen molar-refractivity contribution >= 4 is 33.1 Å². The third kappa shape index (κ3) is 1.76. The molecule has 0 radical (unpaired) electrons. The summed E-state index contributed by atoms with van der Waals surface area (Å²) in [6.07, 6.45) is 0. The minimum Gasteiger partial charge on any atom is -0.496 e. The quantitative estimate of drug-likeness (QED) is 0.811. The molecule has 0 atom stereocenters. The van der Waals surface area contributed by atoms with Gasteiger partial charge in [0.05, 0.1) is 12.7 Å². The van der Waals surface area contributed by atoms with Gasteiger partial charge in [-0.05, 0) is 28.1 Å². The van der Waals surface area contributed by atoms with E-state index < -0.39 is 0 Å². The van der Waals surface area contributed by atoms with Gasteiger partial charge in [0.2, 0.25) is 0 Å². The van der Waals surface area contributed by atoms with Crippen LogP contribution in [0.2, 0.25) is 0 Å². The highest BCUT2D eigenvalue weighted by Gasteiger charge is 2.08. The van der Waals surface area contributed by atoms with Gasteiger partial charge in [0, 0.05) is 4.47 Å². The molecule has 1 aromatic rings. The summed E-state index contributed by atoms with van der Waals surface area (Å²) in [5.41, 5.74) is 6.26. The van der Waals surface area contributed by atoms with Crippen LogP contribution in [-0.2, 0) is 0 Å². The number of ether oxygens (including phenoxy) is 1. The molecule has 0 amide bonds. The van der Waals surface area contributed by atoms with Gasteiger partial charge in [0.1, 0.15) is 10.7 Å². The van der Waals surface area contributed by atoms with E-state index in [0.29, 0.717) is 10.7 Å². The van der Waals surface area contributed by atoms with Gasteiger partial charge in [0.15, 0.2) is 0 Å². The molecule has 0 unspecified atom stereocenters. The highest BCUT2D eigenvalue weighted by atomic mass is 79.9. The number of hydrogen-bond acceptors (Lipinski definition) is 2. The van der Waals surface area contributed by atoms with E-state index in [2.05, 4.69) is 15.9 Å². The molecule has 2 N–H and O–H groups in total. The van der Waals surface area contributed by atoms with E-state index >= 15 is 0 Å². The van der Waals surface area contributed by atoms with Gasteiger partial charge in [-0.1, -0.05) is 18.3 Å². The zero-order valence-electron chi connectivity index (χ0n) is 6.50. The zero-order chi connectivity index (χ0) is 9.14. The summed E-state index contributed by atoms with van der Waals surface area (Å²) in [5, 5.41) is 0. The van der Waals surface area contributed by atoms with Gasteiger partial charge >= 0.3 is 0 Å². The summed E-state index contributed by atoms with van der Waals surface area (Å²) in [6.45, 7) is 0. The number of benzene rings is 1. The summed E-state index contributed by atoms with van der Waals surface area (Å²) < 4.78 is 5.95. The second-order valence-electron chi connectivity index (χ2n) is 2.18. The molecule has 0 bridgehead atoms. The van der Waals surface area contributed by atoms with Crippen molar-refractivity contribution in [2.24, 2.45) is 5.73 Å². The minimum absolute atomic E-state index is 0.333. The lowest BCUT2D eigenvalue weighted by Crippen LogP contribution is -2.11. The fourth-order valence-corrected chi connectivity index (χ4v) is 1.82. The summed E-state index contributed by atoms with van der Waals surface area (Å²) in [4.78, 5) is 0.333. The van der Waals surface area contributed by atoms with Crippen LogP contribution in [0.5, 0.6) is 5.75 Å². The van der Waals surface area contributed by atoms with Crippen LogP contribution in [0, 0.1) is 0 Å². The number of methoxy groups -OCH3 is 1. The standard InChI is InChI=1S/C8H8BrNOS/c1-11-6-4-2-3-5(9)7(6)8(10)12/h2-4H,1H3,(H2,10,12). The second kappa shape index (κ2) is 3.87. The van der Waals surface area contributed by atoms with Gasteiger partial charge < -0.3 is 10.5 Å². The Morgan fingerprint density at radius 2 is 2.25 bits per heavy atom. The lowest BCUT2D eigenvalue weighted by molar-refractivity contribution is 0.413. The molecular weight excluding hydrogens is 238 g/mol. The van der Waals surface area contributed by atoms with E-state index in [1.165, 1.54) is 0 Å². The number of hydrogen-bond donors (Lipinski definition) is 1. The smallest absolute Gasteiger partial charge is 0.130 e. The van der Waals surface area contributed by atoms with Crippen molar-refractivity contribution in [2.45, 2.75) is 0 Å². The van der Waals surface area contributed by atoms with Crippen molar-refractivity contribution in [3.05, 3.63) is 28.2 Å². The SMILES string of the molecule is COc1cccc(Br)c1C(N)=S. The molecular formula is C8H8BrNOS. The molecule has 0 aliphatic heterocycles.